The second kappa shape index (κ2) is 11.9. The molecule has 0 aliphatic heterocycles. The van der Waals surface area contributed by atoms with Crippen LogP contribution >= 0.6 is 24.8 Å². The highest BCUT2D eigenvalue weighted by Gasteiger charge is 2.11. The molecule has 0 aliphatic rings. The maximum atomic E-state index is 12.1. The topological polar surface area (TPSA) is 76.4 Å². The highest BCUT2D eigenvalue weighted by atomic mass is 35.5. The number of rotatable bonds is 8. The van der Waals surface area contributed by atoms with Gasteiger partial charge in [0.15, 0.2) is 5.76 Å². The van der Waals surface area contributed by atoms with Gasteiger partial charge in [-0.05, 0) is 31.2 Å². The van der Waals surface area contributed by atoms with Crippen molar-refractivity contribution in [2.75, 3.05) is 33.4 Å². The summed E-state index contributed by atoms with van der Waals surface area (Å²) in [6.45, 7) is 4.50. The molecule has 0 fully saturated rings. The quantitative estimate of drug-likeness (QED) is 0.693. The van der Waals surface area contributed by atoms with E-state index in [0.717, 1.165) is 12.2 Å². The summed E-state index contributed by atoms with van der Waals surface area (Å²) < 4.78 is 10.2. The Morgan fingerprint density at radius 1 is 1.21 bits per heavy atom. The van der Waals surface area contributed by atoms with E-state index in [1.165, 1.54) is 0 Å². The molecular weight excluding hydrogens is 353 g/mol. The lowest BCUT2D eigenvalue weighted by molar-refractivity contribution is 0.0952. The Morgan fingerprint density at radius 3 is 2.62 bits per heavy atom. The van der Waals surface area contributed by atoms with Gasteiger partial charge in [0.25, 0.3) is 5.91 Å². The molecule has 134 valence electrons. The number of hydrogen-bond donors (Lipinski definition) is 2. The summed E-state index contributed by atoms with van der Waals surface area (Å²) in [7, 11) is 1.66. The number of halogens is 2. The van der Waals surface area contributed by atoms with Crippen LogP contribution in [-0.4, -0.2) is 44.2 Å². The molecule has 2 N–H and O–H groups in total. The zero-order chi connectivity index (χ0) is 15.8. The lowest BCUT2D eigenvalue weighted by Gasteiger charge is -2.09. The molecule has 0 radical (unpaired) electrons. The number of aryl methyl sites for hydroxylation is 1. The van der Waals surface area contributed by atoms with Gasteiger partial charge >= 0.3 is 0 Å². The summed E-state index contributed by atoms with van der Waals surface area (Å²) in [6.07, 6.45) is 1.60. The first-order valence-corrected chi connectivity index (χ1v) is 7.21. The average Bonchev–Trinajstić information content (AvgIpc) is 3.04. The van der Waals surface area contributed by atoms with Crippen LogP contribution in [0.15, 0.2) is 34.9 Å². The monoisotopic (exact) mass is 375 g/mol. The SMILES string of the molecule is COCCNCCNC(=O)c1ccc(-c2ccco2)nc1C.Cl.Cl. The van der Waals surface area contributed by atoms with Gasteiger partial charge in [-0.15, -0.1) is 24.8 Å². The number of nitrogens with zero attached hydrogens (tertiary/aromatic N) is 1. The molecule has 0 spiro atoms. The minimum absolute atomic E-state index is 0. The predicted octanol–water partition coefficient (Wildman–Crippen LogP) is 2.46. The number of ether oxygens (including phenoxy) is 1. The first-order valence-electron chi connectivity index (χ1n) is 7.21. The van der Waals surface area contributed by atoms with Crippen LogP contribution < -0.4 is 10.6 Å². The molecule has 2 rings (SSSR count). The van der Waals surface area contributed by atoms with Gasteiger partial charge in [-0.25, -0.2) is 4.98 Å². The highest BCUT2D eigenvalue weighted by molar-refractivity contribution is 5.95. The summed E-state index contributed by atoms with van der Waals surface area (Å²) in [4.78, 5) is 16.5. The van der Waals surface area contributed by atoms with E-state index in [4.69, 9.17) is 9.15 Å². The van der Waals surface area contributed by atoms with Crippen LogP contribution in [0.1, 0.15) is 16.1 Å². The van der Waals surface area contributed by atoms with Crippen molar-refractivity contribution in [1.29, 1.82) is 0 Å². The van der Waals surface area contributed by atoms with Crippen molar-refractivity contribution in [3.63, 3.8) is 0 Å². The highest BCUT2D eigenvalue weighted by Crippen LogP contribution is 2.19. The van der Waals surface area contributed by atoms with Crippen molar-refractivity contribution in [2.45, 2.75) is 6.92 Å². The minimum atomic E-state index is -0.121. The summed E-state index contributed by atoms with van der Waals surface area (Å²) in [5, 5.41) is 6.03. The van der Waals surface area contributed by atoms with E-state index in [9.17, 15) is 4.79 Å². The number of hydrogen-bond acceptors (Lipinski definition) is 5. The molecule has 2 heterocycles. The van der Waals surface area contributed by atoms with E-state index in [1.54, 1.807) is 25.5 Å². The van der Waals surface area contributed by atoms with Crippen molar-refractivity contribution < 1.29 is 13.9 Å². The number of pyridine rings is 1. The maximum Gasteiger partial charge on any atom is 0.253 e. The lowest BCUT2D eigenvalue weighted by Crippen LogP contribution is -2.33. The van der Waals surface area contributed by atoms with Crippen molar-refractivity contribution in [3.8, 4) is 11.5 Å². The van der Waals surface area contributed by atoms with Gasteiger partial charge in [-0.2, -0.15) is 0 Å². The Labute approximate surface area is 154 Å². The van der Waals surface area contributed by atoms with Crippen molar-refractivity contribution in [1.82, 2.24) is 15.6 Å². The fourth-order valence-electron chi connectivity index (χ4n) is 2.02. The van der Waals surface area contributed by atoms with E-state index in [2.05, 4.69) is 15.6 Å². The van der Waals surface area contributed by atoms with Gasteiger partial charge in [0.05, 0.1) is 24.1 Å². The largest absolute Gasteiger partial charge is 0.463 e. The fourth-order valence-corrected chi connectivity index (χ4v) is 2.02. The molecule has 6 nitrogen and oxygen atoms in total. The van der Waals surface area contributed by atoms with Crippen molar-refractivity contribution in [2.24, 2.45) is 0 Å². The molecule has 0 atom stereocenters. The second-order valence-electron chi connectivity index (χ2n) is 4.81. The Morgan fingerprint density at radius 2 is 2.00 bits per heavy atom. The van der Waals surface area contributed by atoms with Crippen LogP contribution in [0.4, 0.5) is 0 Å². The first-order chi connectivity index (χ1) is 10.7. The van der Waals surface area contributed by atoms with Crippen LogP contribution in [0.3, 0.4) is 0 Å². The number of aromatic nitrogens is 1. The molecule has 0 aromatic carbocycles. The van der Waals surface area contributed by atoms with Gasteiger partial charge in [0.2, 0.25) is 0 Å². The molecule has 0 aliphatic carbocycles. The van der Waals surface area contributed by atoms with Crippen LogP contribution in [0, 0.1) is 6.92 Å². The fraction of sp³-hybridized carbons (Fsp3) is 0.375. The molecule has 2 aromatic heterocycles. The molecule has 2 aromatic rings. The van der Waals surface area contributed by atoms with E-state index >= 15 is 0 Å². The molecule has 0 saturated carbocycles. The number of nitrogens with one attached hydrogen (secondary N) is 2. The van der Waals surface area contributed by atoms with E-state index in [1.807, 2.05) is 19.1 Å². The Hall–Kier alpha value is -1.60. The van der Waals surface area contributed by atoms with E-state index in [-0.39, 0.29) is 30.7 Å². The number of carbonyl (C=O) groups excluding carboxylic acids is 1. The third-order valence-corrected chi connectivity index (χ3v) is 3.17. The molecule has 1 amide bonds. The zero-order valence-electron chi connectivity index (χ0n) is 13.7. The number of amides is 1. The van der Waals surface area contributed by atoms with Crippen molar-refractivity contribution in [3.05, 3.63) is 41.8 Å². The minimum Gasteiger partial charge on any atom is -0.463 e. The molecular formula is C16H23Cl2N3O3. The van der Waals surface area contributed by atoms with E-state index < -0.39 is 0 Å². The van der Waals surface area contributed by atoms with E-state index in [0.29, 0.717) is 36.7 Å². The lowest BCUT2D eigenvalue weighted by atomic mass is 10.1. The second-order valence-corrected chi connectivity index (χ2v) is 4.81. The van der Waals surface area contributed by atoms with Gasteiger partial charge < -0.3 is 19.8 Å². The molecule has 0 unspecified atom stereocenters. The number of methoxy groups -OCH3 is 1. The molecule has 24 heavy (non-hydrogen) atoms. The average molecular weight is 376 g/mol. The zero-order valence-corrected chi connectivity index (χ0v) is 15.3. The molecule has 0 saturated heterocycles. The summed E-state index contributed by atoms with van der Waals surface area (Å²) in [5.41, 5.74) is 1.98. The van der Waals surface area contributed by atoms with Crippen LogP contribution in [0.5, 0.6) is 0 Å². The maximum absolute atomic E-state index is 12.1. The number of furan rings is 1. The molecule has 8 heteroatoms. The Bertz CT molecular complexity index is 607. The van der Waals surface area contributed by atoms with Crippen LogP contribution in [0.25, 0.3) is 11.5 Å². The number of carbonyl (C=O) groups is 1. The van der Waals surface area contributed by atoms with Gasteiger partial charge in [-0.1, -0.05) is 0 Å². The van der Waals surface area contributed by atoms with Crippen LogP contribution in [0.2, 0.25) is 0 Å². The predicted molar refractivity (Wildman–Crippen MR) is 98.3 cm³/mol. The standard InChI is InChI=1S/C16H21N3O3.2ClH/c1-12-13(16(20)18-8-7-17-9-11-21-2)5-6-14(19-12)15-4-3-10-22-15;;/h3-6,10,17H,7-9,11H2,1-2H3,(H,18,20);2*1H. The third kappa shape index (κ3) is 6.49. The van der Waals surface area contributed by atoms with Gasteiger partial charge in [0, 0.05) is 26.7 Å². The van der Waals surface area contributed by atoms with Gasteiger partial charge in [0.1, 0.15) is 5.69 Å². The Kier molecular flexibility index (Phi) is 11.1. The summed E-state index contributed by atoms with van der Waals surface area (Å²) in [5.74, 6) is 0.571. The smallest absolute Gasteiger partial charge is 0.253 e. The summed E-state index contributed by atoms with van der Waals surface area (Å²) in [6, 6.07) is 7.21. The molecule has 0 bridgehead atoms. The van der Waals surface area contributed by atoms with Crippen LogP contribution in [-0.2, 0) is 4.74 Å². The summed E-state index contributed by atoms with van der Waals surface area (Å²) >= 11 is 0. The Balaban J connectivity index is 0.00000264. The first kappa shape index (κ1) is 22.4. The van der Waals surface area contributed by atoms with Gasteiger partial charge in [-0.3, -0.25) is 4.79 Å². The normalized spacial score (nSPS) is 9.75. The van der Waals surface area contributed by atoms with Crippen molar-refractivity contribution >= 4 is 30.7 Å². The third-order valence-electron chi connectivity index (χ3n) is 3.17.